The monoisotopic (exact) mass is 255 g/mol. The molecule has 0 saturated heterocycles. The third-order valence-corrected chi connectivity index (χ3v) is 3.52. The number of rotatable bonds is 2. The number of hydrogen-bond acceptors (Lipinski definition) is 4. The van der Waals surface area contributed by atoms with Gasteiger partial charge >= 0.3 is 0 Å². The van der Waals surface area contributed by atoms with Gasteiger partial charge < -0.3 is 5.32 Å². The van der Waals surface area contributed by atoms with Gasteiger partial charge in [0.05, 0.1) is 13.3 Å². The first-order valence-corrected chi connectivity index (χ1v) is 6.44. The number of thioether (sulfide) groups is 1. The largest absolute Gasteiger partial charge is 0.352 e. The van der Waals surface area contributed by atoms with Crippen LogP contribution in [-0.2, 0) is 5.75 Å². The summed E-state index contributed by atoms with van der Waals surface area (Å²) < 4.78 is 0. The standard InChI is InChI=1S/C11H14ClN3S/c1-15-7-13-11(14-8-15)16-6-9-2-4-10(12)5-3-9/h2-5H,6-8H2,1H3,(H,13,14). The van der Waals surface area contributed by atoms with E-state index in [4.69, 9.17) is 11.6 Å². The second-order valence-corrected chi connectivity index (χ2v) is 5.11. The minimum atomic E-state index is 0.774. The average Bonchev–Trinajstić information content (AvgIpc) is 2.30. The van der Waals surface area contributed by atoms with E-state index in [1.165, 1.54) is 5.56 Å². The molecule has 2 rings (SSSR count). The van der Waals surface area contributed by atoms with Crippen molar-refractivity contribution in [3.8, 4) is 0 Å². The fourth-order valence-corrected chi connectivity index (χ4v) is 2.26. The Bertz CT molecular complexity index is 377. The van der Waals surface area contributed by atoms with Crippen molar-refractivity contribution in [2.75, 3.05) is 20.4 Å². The third-order valence-electron chi connectivity index (χ3n) is 2.24. The lowest BCUT2D eigenvalue weighted by molar-refractivity contribution is 0.326. The number of halogens is 1. The van der Waals surface area contributed by atoms with Gasteiger partial charge in [0.25, 0.3) is 0 Å². The summed E-state index contributed by atoms with van der Waals surface area (Å²) in [4.78, 5) is 6.53. The van der Waals surface area contributed by atoms with E-state index in [9.17, 15) is 0 Å². The second-order valence-electron chi connectivity index (χ2n) is 3.71. The first-order chi connectivity index (χ1) is 7.74. The fourth-order valence-electron chi connectivity index (χ4n) is 1.32. The molecule has 1 aromatic rings. The highest BCUT2D eigenvalue weighted by Gasteiger charge is 2.08. The molecule has 3 nitrogen and oxygen atoms in total. The minimum Gasteiger partial charge on any atom is -0.352 e. The van der Waals surface area contributed by atoms with Crippen LogP contribution in [0.2, 0.25) is 5.02 Å². The van der Waals surface area contributed by atoms with Crippen LogP contribution in [0.1, 0.15) is 5.56 Å². The Kier molecular flexibility index (Phi) is 4.09. The maximum Gasteiger partial charge on any atom is 0.159 e. The van der Waals surface area contributed by atoms with Crippen LogP contribution < -0.4 is 5.32 Å². The summed E-state index contributed by atoms with van der Waals surface area (Å²) in [5, 5.41) is 5.07. The van der Waals surface area contributed by atoms with Crippen molar-refractivity contribution in [3.05, 3.63) is 34.9 Å². The Hall–Kier alpha value is -0.710. The van der Waals surface area contributed by atoms with Crippen molar-refractivity contribution >= 4 is 28.5 Å². The first-order valence-electron chi connectivity index (χ1n) is 5.08. The van der Waals surface area contributed by atoms with Crippen molar-refractivity contribution in [2.24, 2.45) is 4.99 Å². The summed E-state index contributed by atoms with van der Waals surface area (Å²) in [5.41, 5.74) is 1.26. The van der Waals surface area contributed by atoms with Gasteiger partial charge in [-0.25, -0.2) is 4.99 Å². The Labute approximate surface area is 105 Å². The van der Waals surface area contributed by atoms with Crippen LogP contribution in [0.4, 0.5) is 0 Å². The van der Waals surface area contributed by atoms with E-state index in [1.54, 1.807) is 11.8 Å². The highest BCUT2D eigenvalue weighted by atomic mass is 35.5. The molecule has 0 spiro atoms. The summed E-state index contributed by atoms with van der Waals surface area (Å²) in [6.07, 6.45) is 0. The van der Waals surface area contributed by atoms with Crippen LogP contribution in [0.5, 0.6) is 0 Å². The molecule has 1 aromatic carbocycles. The van der Waals surface area contributed by atoms with Gasteiger partial charge in [0.15, 0.2) is 5.17 Å². The molecule has 0 saturated carbocycles. The SMILES string of the molecule is CN1CN=C(SCc2ccc(Cl)cc2)NC1. The molecule has 0 aromatic heterocycles. The van der Waals surface area contributed by atoms with E-state index >= 15 is 0 Å². The molecule has 1 heterocycles. The minimum absolute atomic E-state index is 0.774. The first kappa shape index (κ1) is 11.8. The molecule has 0 unspecified atom stereocenters. The normalized spacial score (nSPS) is 16.8. The van der Waals surface area contributed by atoms with Gasteiger partial charge in [0.1, 0.15) is 0 Å². The van der Waals surface area contributed by atoms with E-state index in [2.05, 4.69) is 15.2 Å². The summed E-state index contributed by atoms with van der Waals surface area (Å²) in [5.74, 6) is 0.923. The Balaban J connectivity index is 1.85. The quantitative estimate of drug-likeness (QED) is 0.879. The van der Waals surface area contributed by atoms with Crippen LogP contribution in [-0.4, -0.2) is 30.5 Å². The lowest BCUT2D eigenvalue weighted by atomic mass is 10.2. The predicted octanol–water partition coefficient (Wildman–Crippen LogP) is 2.38. The zero-order valence-electron chi connectivity index (χ0n) is 9.11. The number of nitrogens with zero attached hydrogens (tertiary/aromatic N) is 2. The van der Waals surface area contributed by atoms with Crippen LogP contribution in [0, 0.1) is 0 Å². The molecule has 1 aliphatic rings. The molecule has 0 aliphatic carbocycles. The van der Waals surface area contributed by atoms with Crippen molar-refractivity contribution < 1.29 is 0 Å². The summed E-state index contributed by atoms with van der Waals surface area (Å²) in [6, 6.07) is 7.93. The lowest BCUT2D eigenvalue weighted by Gasteiger charge is -2.22. The highest BCUT2D eigenvalue weighted by molar-refractivity contribution is 8.13. The molecular formula is C11H14ClN3S. The number of amidine groups is 1. The van der Waals surface area contributed by atoms with Gasteiger partial charge in [-0.2, -0.15) is 0 Å². The summed E-state index contributed by atoms with van der Waals surface area (Å²) >= 11 is 7.56. The molecular weight excluding hydrogens is 242 g/mol. The molecule has 5 heteroatoms. The van der Waals surface area contributed by atoms with Crippen LogP contribution in [0.3, 0.4) is 0 Å². The topological polar surface area (TPSA) is 27.6 Å². The maximum absolute atomic E-state index is 5.83. The smallest absolute Gasteiger partial charge is 0.159 e. The van der Waals surface area contributed by atoms with E-state index in [-0.39, 0.29) is 0 Å². The van der Waals surface area contributed by atoms with E-state index in [1.807, 2.05) is 31.3 Å². The van der Waals surface area contributed by atoms with Crippen LogP contribution in [0.15, 0.2) is 29.3 Å². The number of benzene rings is 1. The van der Waals surface area contributed by atoms with E-state index < -0.39 is 0 Å². The van der Waals surface area contributed by atoms with Crippen LogP contribution >= 0.6 is 23.4 Å². The Morgan fingerprint density at radius 1 is 1.44 bits per heavy atom. The molecule has 1 aliphatic heterocycles. The van der Waals surface area contributed by atoms with Gasteiger partial charge in [0, 0.05) is 10.8 Å². The molecule has 16 heavy (non-hydrogen) atoms. The molecule has 0 fully saturated rings. The van der Waals surface area contributed by atoms with Gasteiger partial charge in [-0.3, -0.25) is 4.90 Å². The maximum atomic E-state index is 5.83. The molecule has 0 bridgehead atoms. The van der Waals surface area contributed by atoms with Crippen LogP contribution in [0.25, 0.3) is 0 Å². The van der Waals surface area contributed by atoms with Gasteiger partial charge in [0.2, 0.25) is 0 Å². The second kappa shape index (κ2) is 5.57. The van der Waals surface area contributed by atoms with E-state index in [0.29, 0.717) is 0 Å². The molecule has 0 amide bonds. The van der Waals surface area contributed by atoms with Crippen molar-refractivity contribution in [1.29, 1.82) is 0 Å². The number of nitrogens with one attached hydrogen (secondary N) is 1. The molecule has 1 N–H and O–H groups in total. The molecule has 86 valence electrons. The molecule has 0 radical (unpaired) electrons. The Morgan fingerprint density at radius 3 is 2.81 bits per heavy atom. The fraction of sp³-hybridized carbons (Fsp3) is 0.364. The Morgan fingerprint density at radius 2 is 2.19 bits per heavy atom. The van der Waals surface area contributed by atoms with E-state index in [0.717, 1.165) is 29.3 Å². The van der Waals surface area contributed by atoms with Crippen molar-refractivity contribution in [3.63, 3.8) is 0 Å². The zero-order valence-corrected chi connectivity index (χ0v) is 10.7. The number of aliphatic imine (C=N–C) groups is 1. The predicted molar refractivity (Wildman–Crippen MR) is 70.8 cm³/mol. The lowest BCUT2D eigenvalue weighted by Crippen LogP contribution is -2.39. The van der Waals surface area contributed by atoms with Crippen molar-refractivity contribution in [2.45, 2.75) is 5.75 Å². The van der Waals surface area contributed by atoms with Crippen molar-refractivity contribution in [1.82, 2.24) is 10.2 Å². The summed E-state index contributed by atoms with van der Waals surface area (Å²) in [6.45, 7) is 1.64. The van der Waals surface area contributed by atoms with Gasteiger partial charge in [-0.1, -0.05) is 35.5 Å². The zero-order chi connectivity index (χ0) is 11.4. The average molecular weight is 256 g/mol. The third kappa shape index (κ3) is 3.40. The summed E-state index contributed by atoms with van der Waals surface area (Å²) in [7, 11) is 2.04. The van der Waals surface area contributed by atoms with Gasteiger partial charge in [-0.05, 0) is 24.7 Å². The molecule has 0 atom stereocenters. The van der Waals surface area contributed by atoms with Gasteiger partial charge in [-0.15, -0.1) is 0 Å². The number of hydrogen-bond donors (Lipinski definition) is 1. The highest BCUT2D eigenvalue weighted by Crippen LogP contribution is 2.16.